The van der Waals surface area contributed by atoms with E-state index < -0.39 is 5.60 Å². The van der Waals surface area contributed by atoms with E-state index in [0.717, 1.165) is 12.8 Å². The van der Waals surface area contributed by atoms with Crippen LogP contribution in [0.25, 0.3) is 0 Å². The van der Waals surface area contributed by atoms with Crippen LogP contribution in [0.4, 0.5) is 0 Å². The fourth-order valence-corrected chi connectivity index (χ4v) is 0.788. The molecule has 0 aromatic carbocycles. The van der Waals surface area contributed by atoms with E-state index in [1.54, 1.807) is 0 Å². The molecule has 0 rings (SSSR count). The Morgan fingerprint density at radius 2 is 1.89 bits per heavy atom. The SMILES string of the molecule is CC[C@@H](C)[C@](C)(O)CC. The van der Waals surface area contributed by atoms with Crippen molar-refractivity contribution >= 4 is 0 Å². The van der Waals surface area contributed by atoms with Crippen molar-refractivity contribution in [1.29, 1.82) is 0 Å². The molecule has 9 heavy (non-hydrogen) atoms. The Labute approximate surface area is 58.1 Å². The second kappa shape index (κ2) is 3.21. The fraction of sp³-hybridized carbons (Fsp3) is 1.00. The molecule has 1 N–H and O–H groups in total. The number of hydrogen-bond donors (Lipinski definition) is 1. The smallest absolute Gasteiger partial charge is 0.0642 e. The van der Waals surface area contributed by atoms with Gasteiger partial charge in [0.2, 0.25) is 0 Å². The van der Waals surface area contributed by atoms with Crippen molar-refractivity contribution in [1.82, 2.24) is 0 Å². The molecule has 0 aliphatic heterocycles. The first-order valence-electron chi connectivity index (χ1n) is 3.77. The van der Waals surface area contributed by atoms with Crippen LogP contribution < -0.4 is 0 Å². The van der Waals surface area contributed by atoms with Gasteiger partial charge in [0.05, 0.1) is 5.60 Å². The standard InChI is InChI=1S/C8H18O/c1-5-7(3)8(4,9)6-2/h7,9H,5-6H2,1-4H3/t7-,8-/m1/s1. The summed E-state index contributed by atoms with van der Waals surface area (Å²) >= 11 is 0. The topological polar surface area (TPSA) is 20.2 Å². The summed E-state index contributed by atoms with van der Waals surface area (Å²) in [5.41, 5.74) is -0.450. The second-order valence-electron chi connectivity index (χ2n) is 3.02. The molecule has 0 unspecified atom stereocenters. The van der Waals surface area contributed by atoms with E-state index in [2.05, 4.69) is 13.8 Å². The summed E-state index contributed by atoms with van der Waals surface area (Å²) < 4.78 is 0. The number of hydrogen-bond acceptors (Lipinski definition) is 1. The monoisotopic (exact) mass is 130 g/mol. The van der Waals surface area contributed by atoms with Gasteiger partial charge in [-0.3, -0.25) is 0 Å². The molecule has 0 aromatic heterocycles. The largest absolute Gasteiger partial charge is 0.390 e. The first kappa shape index (κ1) is 8.96. The summed E-state index contributed by atoms with van der Waals surface area (Å²) in [5.74, 6) is 0.419. The van der Waals surface area contributed by atoms with Gasteiger partial charge in [-0.05, 0) is 19.3 Å². The van der Waals surface area contributed by atoms with E-state index >= 15 is 0 Å². The maximum absolute atomic E-state index is 9.59. The highest BCUT2D eigenvalue weighted by atomic mass is 16.3. The Morgan fingerprint density at radius 3 is 2.00 bits per heavy atom. The molecule has 0 aliphatic carbocycles. The molecule has 0 amide bonds. The maximum atomic E-state index is 9.59. The minimum atomic E-state index is -0.450. The Hall–Kier alpha value is -0.0400. The molecule has 0 saturated heterocycles. The van der Waals surface area contributed by atoms with Crippen LogP contribution in [0.3, 0.4) is 0 Å². The van der Waals surface area contributed by atoms with E-state index in [1.807, 2.05) is 13.8 Å². The zero-order valence-electron chi connectivity index (χ0n) is 6.94. The Balaban J connectivity index is 3.80. The summed E-state index contributed by atoms with van der Waals surface area (Å²) in [6, 6.07) is 0. The zero-order valence-corrected chi connectivity index (χ0v) is 6.94. The lowest BCUT2D eigenvalue weighted by Gasteiger charge is -2.27. The van der Waals surface area contributed by atoms with Crippen LogP contribution in [-0.4, -0.2) is 10.7 Å². The molecule has 2 atom stereocenters. The third-order valence-electron chi connectivity index (χ3n) is 2.39. The lowest BCUT2D eigenvalue weighted by atomic mass is 9.87. The first-order chi connectivity index (χ1) is 4.04. The summed E-state index contributed by atoms with van der Waals surface area (Å²) in [6.45, 7) is 8.12. The Kier molecular flexibility index (Phi) is 3.20. The third kappa shape index (κ3) is 2.35. The Bertz CT molecular complexity index is 76.6. The van der Waals surface area contributed by atoms with Crippen molar-refractivity contribution in [3.05, 3.63) is 0 Å². The van der Waals surface area contributed by atoms with Crippen LogP contribution in [0.2, 0.25) is 0 Å². The quantitative estimate of drug-likeness (QED) is 0.621. The molecule has 0 heterocycles. The molecule has 56 valence electrons. The Morgan fingerprint density at radius 1 is 1.44 bits per heavy atom. The van der Waals surface area contributed by atoms with Crippen LogP contribution >= 0.6 is 0 Å². The highest BCUT2D eigenvalue weighted by molar-refractivity contribution is 4.75. The van der Waals surface area contributed by atoms with Gasteiger partial charge in [-0.1, -0.05) is 27.2 Å². The molecular formula is C8H18O. The van der Waals surface area contributed by atoms with Crippen molar-refractivity contribution in [2.45, 2.75) is 46.1 Å². The normalized spacial score (nSPS) is 21.0. The molecule has 0 bridgehead atoms. The molecule has 1 nitrogen and oxygen atoms in total. The lowest BCUT2D eigenvalue weighted by molar-refractivity contribution is 0.00130. The lowest BCUT2D eigenvalue weighted by Crippen LogP contribution is -2.31. The first-order valence-corrected chi connectivity index (χ1v) is 3.77. The summed E-state index contributed by atoms with van der Waals surface area (Å²) in [4.78, 5) is 0. The highest BCUT2D eigenvalue weighted by Gasteiger charge is 2.23. The van der Waals surface area contributed by atoms with Crippen molar-refractivity contribution in [2.24, 2.45) is 5.92 Å². The zero-order chi connectivity index (χ0) is 7.49. The van der Waals surface area contributed by atoms with Gasteiger partial charge in [-0.25, -0.2) is 0 Å². The van der Waals surface area contributed by atoms with Gasteiger partial charge in [-0.15, -0.1) is 0 Å². The van der Waals surface area contributed by atoms with Crippen molar-refractivity contribution in [3.8, 4) is 0 Å². The molecular weight excluding hydrogens is 112 g/mol. The minimum Gasteiger partial charge on any atom is -0.390 e. The van der Waals surface area contributed by atoms with Gasteiger partial charge >= 0.3 is 0 Å². The average molecular weight is 130 g/mol. The van der Waals surface area contributed by atoms with E-state index in [-0.39, 0.29) is 0 Å². The van der Waals surface area contributed by atoms with Crippen molar-refractivity contribution in [3.63, 3.8) is 0 Å². The van der Waals surface area contributed by atoms with E-state index in [4.69, 9.17) is 0 Å². The van der Waals surface area contributed by atoms with Gasteiger partial charge in [0.15, 0.2) is 0 Å². The summed E-state index contributed by atoms with van der Waals surface area (Å²) in [7, 11) is 0. The molecule has 1 heteroatoms. The van der Waals surface area contributed by atoms with Crippen LogP contribution in [0.15, 0.2) is 0 Å². The average Bonchev–Trinajstić information content (AvgIpc) is 1.86. The van der Waals surface area contributed by atoms with Gasteiger partial charge in [-0.2, -0.15) is 0 Å². The molecule has 0 spiro atoms. The van der Waals surface area contributed by atoms with Crippen molar-refractivity contribution in [2.75, 3.05) is 0 Å². The number of rotatable bonds is 3. The van der Waals surface area contributed by atoms with E-state index in [1.165, 1.54) is 0 Å². The number of aliphatic hydroxyl groups is 1. The van der Waals surface area contributed by atoms with Crippen LogP contribution in [-0.2, 0) is 0 Å². The molecule has 0 radical (unpaired) electrons. The van der Waals surface area contributed by atoms with Crippen LogP contribution in [0, 0.1) is 5.92 Å². The van der Waals surface area contributed by atoms with Crippen LogP contribution in [0.5, 0.6) is 0 Å². The van der Waals surface area contributed by atoms with Gasteiger partial charge in [0.25, 0.3) is 0 Å². The molecule has 0 aliphatic rings. The maximum Gasteiger partial charge on any atom is 0.0642 e. The van der Waals surface area contributed by atoms with E-state index in [9.17, 15) is 5.11 Å². The minimum absolute atomic E-state index is 0.419. The van der Waals surface area contributed by atoms with Crippen molar-refractivity contribution < 1.29 is 5.11 Å². The predicted octanol–water partition coefficient (Wildman–Crippen LogP) is 2.19. The highest BCUT2D eigenvalue weighted by Crippen LogP contribution is 2.22. The predicted molar refractivity (Wildman–Crippen MR) is 40.4 cm³/mol. The fourth-order valence-electron chi connectivity index (χ4n) is 0.788. The summed E-state index contributed by atoms with van der Waals surface area (Å²) in [5, 5.41) is 9.59. The summed E-state index contributed by atoms with van der Waals surface area (Å²) in [6.07, 6.45) is 1.91. The third-order valence-corrected chi connectivity index (χ3v) is 2.39. The van der Waals surface area contributed by atoms with Gasteiger partial charge in [0, 0.05) is 0 Å². The van der Waals surface area contributed by atoms with Gasteiger partial charge in [0.1, 0.15) is 0 Å². The van der Waals surface area contributed by atoms with Gasteiger partial charge < -0.3 is 5.11 Å². The molecule has 0 aromatic rings. The second-order valence-corrected chi connectivity index (χ2v) is 3.02. The van der Waals surface area contributed by atoms with E-state index in [0.29, 0.717) is 5.92 Å². The molecule has 0 saturated carbocycles. The molecule has 0 fully saturated rings. The van der Waals surface area contributed by atoms with Crippen LogP contribution in [0.1, 0.15) is 40.5 Å².